The predicted molar refractivity (Wildman–Crippen MR) is 155 cm³/mol. The minimum atomic E-state index is -0.814. The molecule has 0 radical (unpaired) electrons. The number of rotatable bonds is 8. The highest BCUT2D eigenvalue weighted by Crippen LogP contribution is 2.29. The number of hydrogen-bond donors (Lipinski definition) is 1. The molecule has 1 N–H and O–H groups in total. The lowest BCUT2D eigenvalue weighted by Crippen LogP contribution is -2.53. The largest absolute Gasteiger partial charge is 0.443 e. The molecule has 218 valence electrons. The molecule has 1 heterocycles. The molecule has 1 aliphatic carbocycles. The van der Waals surface area contributed by atoms with Crippen molar-refractivity contribution >= 4 is 18.0 Å². The molecule has 0 unspecified atom stereocenters. The number of fused-ring (bicyclic) bond motifs is 1. The number of amides is 4. The van der Waals surface area contributed by atoms with Gasteiger partial charge in [-0.25, -0.2) is 14.5 Å². The Kier molecular flexibility index (Phi) is 9.66. The SMILES string of the molecule is COCCN1Cc2cc(-c3ccc(C[C@@H](C#N)NC(=O)N(C(=O)OC(C)(C)C)C4CCCCC4)cc3)ccc2C1=O. The molecule has 1 fully saturated rings. The molecular formula is C32H40N4O5. The van der Waals surface area contributed by atoms with E-state index in [-0.39, 0.29) is 11.9 Å². The van der Waals surface area contributed by atoms with Crippen molar-refractivity contribution in [2.24, 2.45) is 0 Å². The van der Waals surface area contributed by atoms with Crippen LogP contribution in [0.5, 0.6) is 0 Å². The molecule has 9 heteroatoms. The summed E-state index contributed by atoms with van der Waals surface area (Å²) in [6, 6.07) is 14.2. The van der Waals surface area contributed by atoms with Gasteiger partial charge in [-0.05, 0) is 68.0 Å². The van der Waals surface area contributed by atoms with Gasteiger partial charge >= 0.3 is 12.1 Å². The molecule has 4 amide bonds. The minimum Gasteiger partial charge on any atom is -0.443 e. The number of ether oxygens (including phenoxy) is 2. The summed E-state index contributed by atoms with van der Waals surface area (Å²) in [6.07, 6.45) is 4.03. The molecule has 1 atom stereocenters. The van der Waals surface area contributed by atoms with Crippen LogP contribution in [-0.2, 0) is 22.4 Å². The topological polar surface area (TPSA) is 112 Å². The van der Waals surface area contributed by atoms with Crippen molar-refractivity contribution in [2.75, 3.05) is 20.3 Å². The van der Waals surface area contributed by atoms with Crippen molar-refractivity contribution in [2.45, 2.75) is 83.5 Å². The summed E-state index contributed by atoms with van der Waals surface area (Å²) >= 11 is 0. The Morgan fingerprint density at radius 3 is 2.41 bits per heavy atom. The molecule has 9 nitrogen and oxygen atoms in total. The first-order valence-corrected chi connectivity index (χ1v) is 14.3. The number of hydrogen-bond acceptors (Lipinski definition) is 6. The van der Waals surface area contributed by atoms with E-state index in [1.165, 1.54) is 4.90 Å². The molecule has 1 saturated carbocycles. The second-order valence-electron chi connectivity index (χ2n) is 11.8. The molecule has 2 aromatic rings. The first kappa shape index (κ1) is 30.1. The summed E-state index contributed by atoms with van der Waals surface area (Å²) < 4.78 is 10.7. The zero-order valence-electron chi connectivity index (χ0n) is 24.4. The molecule has 4 rings (SSSR count). The number of carbonyl (C=O) groups is 3. The summed E-state index contributed by atoms with van der Waals surface area (Å²) in [5, 5.41) is 12.6. The van der Waals surface area contributed by atoms with Crippen LogP contribution in [0.25, 0.3) is 11.1 Å². The van der Waals surface area contributed by atoms with Gasteiger partial charge in [0.25, 0.3) is 5.91 Å². The van der Waals surface area contributed by atoms with Gasteiger partial charge in [0.05, 0.1) is 12.7 Å². The van der Waals surface area contributed by atoms with E-state index >= 15 is 0 Å². The van der Waals surface area contributed by atoms with Gasteiger partial charge in [-0.15, -0.1) is 0 Å². The van der Waals surface area contributed by atoms with Gasteiger partial charge in [-0.3, -0.25) is 4.79 Å². The number of carbonyl (C=O) groups excluding carboxylic acids is 3. The highest BCUT2D eigenvalue weighted by atomic mass is 16.6. The van der Waals surface area contributed by atoms with E-state index in [9.17, 15) is 19.6 Å². The van der Waals surface area contributed by atoms with Gasteiger partial charge < -0.3 is 19.7 Å². The van der Waals surface area contributed by atoms with Crippen LogP contribution in [0.4, 0.5) is 9.59 Å². The summed E-state index contributed by atoms with van der Waals surface area (Å²) in [6.45, 7) is 6.92. The molecule has 1 aliphatic heterocycles. The van der Waals surface area contributed by atoms with E-state index in [1.54, 1.807) is 32.8 Å². The third-order valence-electron chi connectivity index (χ3n) is 7.48. The number of urea groups is 1. The van der Waals surface area contributed by atoms with E-state index in [4.69, 9.17) is 9.47 Å². The van der Waals surface area contributed by atoms with Crippen LogP contribution in [0.3, 0.4) is 0 Å². The maximum atomic E-state index is 13.3. The number of methoxy groups -OCH3 is 1. The summed E-state index contributed by atoms with van der Waals surface area (Å²) in [7, 11) is 1.62. The Morgan fingerprint density at radius 1 is 1.10 bits per heavy atom. The molecular weight excluding hydrogens is 520 g/mol. The standard InChI is InChI=1S/C32H40N4O5/c1-32(2,3)41-31(39)36(27-8-6-5-7-9-27)30(38)34-26(20-33)18-22-10-12-23(13-11-22)24-14-15-28-25(19-24)21-35(29(28)37)16-17-40-4/h10-15,19,26-27H,5-9,16-18,21H2,1-4H3,(H,34,38)/t26-/m0/s1. The van der Waals surface area contributed by atoms with Crippen LogP contribution >= 0.6 is 0 Å². The Labute approximate surface area is 242 Å². The Bertz CT molecular complexity index is 1290. The Balaban J connectivity index is 1.42. The third kappa shape index (κ3) is 7.65. The number of nitrogens with zero attached hydrogens (tertiary/aromatic N) is 3. The summed E-state index contributed by atoms with van der Waals surface area (Å²) in [5.41, 5.74) is 3.85. The zero-order chi connectivity index (χ0) is 29.6. The smallest absolute Gasteiger partial charge is 0.418 e. The summed E-state index contributed by atoms with van der Waals surface area (Å²) in [5.74, 6) is 0.0252. The van der Waals surface area contributed by atoms with Gasteiger partial charge in [-0.1, -0.05) is 49.6 Å². The first-order chi connectivity index (χ1) is 19.6. The van der Waals surface area contributed by atoms with E-state index in [0.717, 1.165) is 59.9 Å². The molecule has 0 aromatic heterocycles. The van der Waals surface area contributed by atoms with Crippen LogP contribution in [-0.4, -0.2) is 65.8 Å². The minimum absolute atomic E-state index is 0.0252. The van der Waals surface area contributed by atoms with Crippen LogP contribution in [0.2, 0.25) is 0 Å². The lowest BCUT2D eigenvalue weighted by molar-refractivity contribution is 0.0220. The van der Waals surface area contributed by atoms with E-state index in [0.29, 0.717) is 26.1 Å². The number of nitrogens with one attached hydrogen (secondary N) is 1. The molecule has 2 aliphatic rings. The average molecular weight is 561 g/mol. The van der Waals surface area contributed by atoms with Crippen molar-refractivity contribution in [3.63, 3.8) is 0 Å². The lowest BCUT2D eigenvalue weighted by Gasteiger charge is -2.34. The van der Waals surface area contributed by atoms with Crippen molar-refractivity contribution in [1.29, 1.82) is 5.26 Å². The quantitative estimate of drug-likeness (QED) is 0.445. The van der Waals surface area contributed by atoms with Gasteiger partial charge in [0, 0.05) is 38.2 Å². The maximum absolute atomic E-state index is 13.3. The second kappa shape index (κ2) is 13.2. The molecule has 0 saturated heterocycles. The maximum Gasteiger partial charge on any atom is 0.418 e. The van der Waals surface area contributed by atoms with Crippen LogP contribution in [0.15, 0.2) is 42.5 Å². The fourth-order valence-corrected chi connectivity index (χ4v) is 5.41. The van der Waals surface area contributed by atoms with E-state index in [2.05, 4.69) is 11.4 Å². The van der Waals surface area contributed by atoms with Crippen LogP contribution in [0.1, 0.15) is 74.4 Å². The normalized spacial score (nSPS) is 16.1. The number of imide groups is 1. The molecule has 0 bridgehead atoms. The van der Waals surface area contributed by atoms with Gasteiger partial charge in [0.2, 0.25) is 0 Å². The van der Waals surface area contributed by atoms with Gasteiger partial charge in [-0.2, -0.15) is 5.26 Å². The zero-order valence-corrected chi connectivity index (χ0v) is 24.4. The monoisotopic (exact) mass is 560 g/mol. The van der Waals surface area contributed by atoms with Gasteiger partial charge in [0.15, 0.2) is 0 Å². The summed E-state index contributed by atoms with van der Waals surface area (Å²) in [4.78, 5) is 41.9. The van der Waals surface area contributed by atoms with E-state index in [1.807, 2.05) is 42.5 Å². The number of benzene rings is 2. The number of nitriles is 1. The van der Waals surface area contributed by atoms with Crippen LogP contribution in [0, 0.1) is 11.3 Å². The fourth-order valence-electron chi connectivity index (χ4n) is 5.41. The first-order valence-electron chi connectivity index (χ1n) is 14.3. The average Bonchev–Trinajstić information content (AvgIpc) is 3.26. The van der Waals surface area contributed by atoms with Gasteiger partial charge in [0.1, 0.15) is 11.6 Å². The highest BCUT2D eigenvalue weighted by molar-refractivity contribution is 5.99. The van der Waals surface area contributed by atoms with Crippen LogP contribution < -0.4 is 5.32 Å². The molecule has 0 spiro atoms. The highest BCUT2D eigenvalue weighted by Gasteiger charge is 2.35. The molecule has 41 heavy (non-hydrogen) atoms. The predicted octanol–water partition coefficient (Wildman–Crippen LogP) is 5.67. The Morgan fingerprint density at radius 2 is 1.78 bits per heavy atom. The van der Waals surface area contributed by atoms with Crippen molar-refractivity contribution < 1.29 is 23.9 Å². The van der Waals surface area contributed by atoms with E-state index < -0.39 is 23.8 Å². The fraction of sp³-hybridized carbons (Fsp3) is 0.500. The van der Waals surface area contributed by atoms with Crippen molar-refractivity contribution in [3.8, 4) is 17.2 Å². The second-order valence-corrected chi connectivity index (χ2v) is 11.8. The van der Waals surface area contributed by atoms with Crippen molar-refractivity contribution in [3.05, 3.63) is 59.2 Å². The third-order valence-corrected chi connectivity index (χ3v) is 7.48. The van der Waals surface area contributed by atoms with Crippen molar-refractivity contribution in [1.82, 2.24) is 15.1 Å². The Hall–Kier alpha value is -3.90. The lowest BCUT2D eigenvalue weighted by atomic mass is 9.94. The molecule has 2 aromatic carbocycles.